The smallest absolute Gasteiger partial charge is 0.127 e. The highest BCUT2D eigenvalue weighted by Gasteiger charge is 2.25. The van der Waals surface area contributed by atoms with Crippen LogP contribution in [0.25, 0.3) is 0 Å². The monoisotopic (exact) mass is 364 g/mol. The Balaban J connectivity index is 1.54. The second-order valence-corrected chi connectivity index (χ2v) is 7.70. The van der Waals surface area contributed by atoms with Crippen molar-refractivity contribution in [3.8, 4) is 0 Å². The predicted molar refractivity (Wildman–Crippen MR) is 102 cm³/mol. The second kappa shape index (κ2) is 10.4. The number of rotatable bonds is 9. The molecule has 146 valence electrons. The molecule has 0 radical (unpaired) electrons. The Kier molecular flexibility index (Phi) is 7.86. The fraction of sp³-hybridized carbons (Fsp3) is 0.714. The first-order chi connectivity index (χ1) is 12.7. The average Bonchev–Trinajstić information content (AvgIpc) is 3.16. The van der Waals surface area contributed by atoms with E-state index in [1.165, 1.54) is 12.8 Å². The van der Waals surface area contributed by atoms with Gasteiger partial charge in [0.2, 0.25) is 0 Å². The summed E-state index contributed by atoms with van der Waals surface area (Å²) in [6, 6.07) is 7.16. The van der Waals surface area contributed by atoms with Crippen molar-refractivity contribution in [3.05, 3.63) is 35.6 Å². The van der Waals surface area contributed by atoms with Gasteiger partial charge >= 0.3 is 0 Å². The molecule has 1 atom stereocenters. The molecule has 0 bridgehead atoms. The van der Waals surface area contributed by atoms with Crippen LogP contribution in [0.1, 0.15) is 31.2 Å². The van der Waals surface area contributed by atoms with E-state index in [2.05, 4.69) is 9.80 Å². The van der Waals surface area contributed by atoms with Crippen LogP contribution in [0.15, 0.2) is 24.3 Å². The third-order valence-electron chi connectivity index (χ3n) is 5.67. The quantitative estimate of drug-likeness (QED) is 0.672. The molecule has 2 aliphatic rings. The lowest BCUT2D eigenvalue weighted by Gasteiger charge is -2.35. The van der Waals surface area contributed by atoms with Crippen molar-refractivity contribution in [2.75, 3.05) is 53.0 Å². The fourth-order valence-corrected chi connectivity index (χ4v) is 4.13. The Bertz CT molecular complexity index is 528. The highest BCUT2D eigenvalue weighted by Crippen LogP contribution is 2.22. The Morgan fingerprint density at radius 3 is 2.69 bits per heavy atom. The molecular weight excluding hydrogens is 331 g/mol. The zero-order valence-electron chi connectivity index (χ0n) is 16.0. The number of ether oxygens (including phenoxy) is 2. The van der Waals surface area contributed by atoms with Crippen molar-refractivity contribution >= 4 is 0 Å². The van der Waals surface area contributed by atoms with Crippen LogP contribution in [-0.2, 0) is 16.0 Å². The van der Waals surface area contributed by atoms with E-state index in [0.29, 0.717) is 18.6 Å². The molecule has 2 saturated heterocycles. The maximum absolute atomic E-state index is 14.1. The molecule has 0 spiro atoms. The summed E-state index contributed by atoms with van der Waals surface area (Å²) in [5.41, 5.74) is 0.794. The van der Waals surface area contributed by atoms with Gasteiger partial charge in [0.25, 0.3) is 0 Å². The summed E-state index contributed by atoms with van der Waals surface area (Å²) in [6.45, 7) is 7.61. The SMILES string of the molecule is COCCN1CCC(CN(Cc2ccccc2F)C[C@@H]2CCCO2)CC1. The molecule has 3 rings (SSSR count). The molecule has 1 aromatic carbocycles. The van der Waals surface area contributed by atoms with Crippen molar-refractivity contribution in [2.45, 2.75) is 38.3 Å². The average molecular weight is 365 g/mol. The van der Waals surface area contributed by atoms with E-state index in [0.717, 1.165) is 64.3 Å². The molecule has 0 saturated carbocycles. The molecule has 5 heteroatoms. The number of hydrogen-bond acceptors (Lipinski definition) is 4. The van der Waals surface area contributed by atoms with Crippen LogP contribution in [0.4, 0.5) is 4.39 Å². The second-order valence-electron chi connectivity index (χ2n) is 7.70. The van der Waals surface area contributed by atoms with Gasteiger partial charge in [0.15, 0.2) is 0 Å². The third kappa shape index (κ3) is 6.02. The lowest BCUT2D eigenvalue weighted by molar-refractivity contribution is 0.0548. The van der Waals surface area contributed by atoms with E-state index < -0.39 is 0 Å². The lowest BCUT2D eigenvalue weighted by Crippen LogP contribution is -2.41. The van der Waals surface area contributed by atoms with Crippen LogP contribution in [0.3, 0.4) is 0 Å². The number of halogens is 1. The van der Waals surface area contributed by atoms with Crippen molar-refractivity contribution in [3.63, 3.8) is 0 Å². The minimum Gasteiger partial charge on any atom is -0.383 e. The number of piperidine rings is 1. The summed E-state index contributed by atoms with van der Waals surface area (Å²) in [7, 11) is 1.76. The molecule has 0 unspecified atom stereocenters. The van der Waals surface area contributed by atoms with Crippen molar-refractivity contribution in [2.24, 2.45) is 5.92 Å². The Hall–Kier alpha value is -1.01. The van der Waals surface area contributed by atoms with Crippen molar-refractivity contribution in [1.82, 2.24) is 9.80 Å². The Morgan fingerprint density at radius 2 is 2.00 bits per heavy atom. The van der Waals surface area contributed by atoms with Crippen LogP contribution < -0.4 is 0 Å². The maximum Gasteiger partial charge on any atom is 0.127 e. The zero-order valence-corrected chi connectivity index (χ0v) is 16.0. The predicted octanol–water partition coefficient (Wildman–Crippen LogP) is 3.17. The lowest BCUT2D eigenvalue weighted by atomic mass is 9.95. The molecule has 2 fully saturated rings. The standard InChI is InChI=1S/C21H33FN2O2/c1-25-14-12-23-10-8-18(9-11-23)15-24(17-20-6-4-13-26-20)16-19-5-2-3-7-21(19)22/h2-3,5,7,18,20H,4,6,8-17H2,1H3/t20-/m0/s1. The highest BCUT2D eigenvalue weighted by atomic mass is 19.1. The molecule has 0 aromatic heterocycles. The normalized spacial score (nSPS) is 22.3. The van der Waals surface area contributed by atoms with Crippen LogP contribution in [0.2, 0.25) is 0 Å². The first-order valence-electron chi connectivity index (χ1n) is 10.0. The maximum atomic E-state index is 14.1. The van der Waals surface area contributed by atoms with Crippen LogP contribution in [-0.4, -0.2) is 69.0 Å². The molecule has 2 aliphatic heterocycles. The van der Waals surface area contributed by atoms with Gasteiger partial charge in [0.05, 0.1) is 12.7 Å². The van der Waals surface area contributed by atoms with Gasteiger partial charge in [0, 0.05) is 45.5 Å². The fourth-order valence-electron chi connectivity index (χ4n) is 4.13. The molecule has 0 aliphatic carbocycles. The first kappa shape index (κ1) is 19.7. The van der Waals surface area contributed by atoms with Crippen molar-refractivity contribution < 1.29 is 13.9 Å². The summed E-state index contributed by atoms with van der Waals surface area (Å²) < 4.78 is 25.2. The number of likely N-dealkylation sites (tertiary alicyclic amines) is 1. The van der Waals surface area contributed by atoms with E-state index in [-0.39, 0.29) is 5.82 Å². The Morgan fingerprint density at radius 1 is 1.19 bits per heavy atom. The summed E-state index contributed by atoms with van der Waals surface area (Å²) >= 11 is 0. The number of hydrogen-bond donors (Lipinski definition) is 0. The van der Waals surface area contributed by atoms with Gasteiger partial charge in [-0.15, -0.1) is 0 Å². The largest absolute Gasteiger partial charge is 0.383 e. The van der Waals surface area contributed by atoms with Gasteiger partial charge in [-0.05, 0) is 50.8 Å². The van der Waals surface area contributed by atoms with Gasteiger partial charge in [-0.25, -0.2) is 4.39 Å². The number of benzene rings is 1. The van der Waals surface area contributed by atoms with Crippen LogP contribution >= 0.6 is 0 Å². The molecule has 0 N–H and O–H groups in total. The van der Waals surface area contributed by atoms with E-state index in [9.17, 15) is 4.39 Å². The zero-order chi connectivity index (χ0) is 18.2. The van der Waals surface area contributed by atoms with E-state index >= 15 is 0 Å². The molecule has 1 aromatic rings. The van der Waals surface area contributed by atoms with E-state index in [4.69, 9.17) is 9.47 Å². The molecule has 26 heavy (non-hydrogen) atoms. The number of methoxy groups -OCH3 is 1. The molecule has 4 nitrogen and oxygen atoms in total. The van der Waals surface area contributed by atoms with Gasteiger partial charge in [-0.1, -0.05) is 18.2 Å². The molecular formula is C21H33FN2O2. The van der Waals surface area contributed by atoms with Crippen LogP contribution in [0, 0.1) is 11.7 Å². The summed E-state index contributed by atoms with van der Waals surface area (Å²) in [5.74, 6) is 0.584. The van der Waals surface area contributed by atoms with Gasteiger partial charge in [-0.3, -0.25) is 4.90 Å². The van der Waals surface area contributed by atoms with Crippen LogP contribution in [0.5, 0.6) is 0 Å². The highest BCUT2D eigenvalue weighted by molar-refractivity contribution is 5.17. The topological polar surface area (TPSA) is 24.9 Å². The third-order valence-corrected chi connectivity index (χ3v) is 5.67. The minimum absolute atomic E-state index is 0.0979. The molecule has 0 amide bonds. The molecule has 2 heterocycles. The Labute approximate surface area is 157 Å². The minimum atomic E-state index is -0.0979. The number of nitrogens with zero attached hydrogens (tertiary/aromatic N) is 2. The van der Waals surface area contributed by atoms with Crippen molar-refractivity contribution in [1.29, 1.82) is 0 Å². The van der Waals surface area contributed by atoms with Gasteiger partial charge in [-0.2, -0.15) is 0 Å². The summed E-state index contributed by atoms with van der Waals surface area (Å²) in [6.07, 6.45) is 5.01. The van der Waals surface area contributed by atoms with E-state index in [1.807, 2.05) is 12.1 Å². The van der Waals surface area contributed by atoms with E-state index in [1.54, 1.807) is 19.2 Å². The van der Waals surface area contributed by atoms with Gasteiger partial charge in [0.1, 0.15) is 5.82 Å². The van der Waals surface area contributed by atoms with Gasteiger partial charge < -0.3 is 14.4 Å². The first-order valence-corrected chi connectivity index (χ1v) is 10.0. The summed E-state index contributed by atoms with van der Waals surface area (Å²) in [5, 5.41) is 0. The summed E-state index contributed by atoms with van der Waals surface area (Å²) in [4.78, 5) is 4.91.